The molecule has 2 unspecified atom stereocenters. The third-order valence-corrected chi connectivity index (χ3v) is 8.77. The molecule has 6 heteroatoms. The van der Waals surface area contributed by atoms with Gasteiger partial charge in [0.15, 0.2) is 0 Å². The number of hydrogen-bond acceptors (Lipinski definition) is 5. The van der Waals surface area contributed by atoms with E-state index in [-0.39, 0.29) is 10.7 Å². The fraction of sp³-hybridized carbons (Fsp3) is 0.269. The highest BCUT2D eigenvalue weighted by Crippen LogP contribution is 2.35. The second kappa shape index (κ2) is 9.14. The summed E-state index contributed by atoms with van der Waals surface area (Å²) in [6.45, 7) is 7.29. The maximum absolute atomic E-state index is 4.85. The van der Waals surface area contributed by atoms with Gasteiger partial charge in [0, 0.05) is 48.5 Å². The van der Waals surface area contributed by atoms with Gasteiger partial charge in [0.2, 0.25) is 5.13 Å². The molecule has 0 spiro atoms. The topological polar surface area (TPSA) is 32.3 Å². The first kappa shape index (κ1) is 21.3. The largest absolute Gasteiger partial charge is 0.344 e. The molecule has 4 nitrogen and oxygen atoms in total. The number of nitrogens with zero attached hydrogens (tertiary/aromatic N) is 4. The van der Waals surface area contributed by atoms with Crippen LogP contribution in [-0.2, 0) is 6.42 Å². The van der Waals surface area contributed by atoms with Gasteiger partial charge in [-0.2, -0.15) is 4.37 Å². The molecule has 1 aliphatic rings. The van der Waals surface area contributed by atoms with E-state index in [2.05, 4.69) is 100 Å². The van der Waals surface area contributed by atoms with Gasteiger partial charge in [-0.1, -0.05) is 76.7 Å². The van der Waals surface area contributed by atoms with Crippen molar-refractivity contribution in [2.75, 3.05) is 24.5 Å². The monoisotopic (exact) mass is 460 g/mol. The Balaban J connectivity index is 1.25. The van der Waals surface area contributed by atoms with Crippen molar-refractivity contribution in [1.82, 2.24) is 13.7 Å². The van der Waals surface area contributed by atoms with Crippen molar-refractivity contribution in [2.24, 2.45) is 0 Å². The summed E-state index contributed by atoms with van der Waals surface area (Å²) in [5, 5.41) is 3.60. The minimum Gasteiger partial charge on any atom is -0.344 e. The molecule has 0 bridgehead atoms. The van der Waals surface area contributed by atoms with Crippen LogP contribution in [0.4, 0.5) is 5.13 Å². The van der Waals surface area contributed by atoms with E-state index in [0.29, 0.717) is 6.04 Å². The zero-order chi connectivity index (χ0) is 22.1. The highest BCUT2D eigenvalue weighted by atomic mass is 32.2. The summed E-state index contributed by atoms with van der Waals surface area (Å²) in [4.78, 5) is 8.54. The van der Waals surface area contributed by atoms with Gasteiger partial charge in [-0.15, -0.1) is 0 Å². The second-order valence-corrected chi connectivity index (χ2v) is 10.9. The van der Waals surface area contributed by atoms with E-state index in [1.54, 1.807) is 0 Å². The molecule has 0 aliphatic carbocycles. The van der Waals surface area contributed by atoms with Crippen LogP contribution in [0.1, 0.15) is 23.9 Å². The molecule has 1 saturated heterocycles. The Kier molecular flexibility index (Phi) is 6.09. The van der Waals surface area contributed by atoms with Gasteiger partial charge < -0.3 is 4.90 Å². The average molecular weight is 461 g/mol. The van der Waals surface area contributed by atoms with Gasteiger partial charge in [-0.3, -0.25) is 0 Å². The molecule has 0 N–H and O–H groups in total. The molecule has 0 amide bonds. The number of anilines is 1. The first-order valence-corrected chi connectivity index (χ1v) is 13.1. The Hall–Kier alpha value is -2.54. The maximum Gasteiger partial charge on any atom is 0.205 e. The van der Waals surface area contributed by atoms with E-state index in [1.165, 1.54) is 38.3 Å². The van der Waals surface area contributed by atoms with Crippen molar-refractivity contribution >= 4 is 44.0 Å². The van der Waals surface area contributed by atoms with Gasteiger partial charge >= 0.3 is 0 Å². The SMILES string of the molecule is C=S(c1ccc2ccccc2c1)N1CCN(c2nc(Cc3ccc(C)cc3)ns2)CC1C. The fourth-order valence-corrected chi connectivity index (χ4v) is 6.51. The molecule has 1 fully saturated rings. The molecule has 3 aromatic carbocycles. The number of rotatable bonds is 5. The molecule has 4 aromatic rings. The second-order valence-electron chi connectivity index (χ2n) is 8.46. The van der Waals surface area contributed by atoms with Crippen molar-refractivity contribution < 1.29 is 0 Å². The van der Waals surface area contributed by atoms with Crippen molar-refractivity contribution in [1.29, 1.82) is 0 Å². The Morgan fingerprint density at radius 3 is 2.59 bits per heavy atom. The molecule has 5 rings (SSSR count). The lowest BCUT2D eigenvalue weighted by molar-refractivity contribution is 0.335. The molecule has 0 radical (unpaired) electrons. The van der Waals surface area contributed by atoms with Crippen molar-refractivity contribution in [2.45, 2.75) is 31.2 Å². The van der Waals surface area contributed by atoms with Crippen LogP contribution in [-0.4, -0.2) is 45.2 Å². The van der Waals surface area contributed by atoms with E-state index in [4.69, 9.17) is 4.98 Å². The highest BCUT2D eigenvalue weighted by Gasteiger charge is 2.27. The first-order valence-electron chi connectivity index (χ1n) is 11.0. The van der Waals surface area contributed by atoms with Crippen LogP contribution in [0.5, 0.6) is 0 Å². The number of hydrogen-bond donors (Lipinski definition) is 0. The average Bonchev–Trinajstić information content (AvgIpc) is 3.28. The van der Waals surface area contributed by atoms with Crippen molar-refractivity contribution in [3.8, 4) is 0 Å². The third kappa shape index (κ3) is 4.49. The highest BCUT2D eigenvalue weighted by molar-refractivity contribution is 8.12. The summed E-state index contributed by atoms with van der Waals surface area (Å²) in [6, 6.07) is 24.3. The quantitative estimate of drug-likeness (QED) is 0.354. The zero-order valence-electron chi connectivity index (χ0n) is 18.6. The number of fused-ring (bicyclic) bond motifs is 1. The molecule has 32 heavy (non-hydrogen) atoms. The zero-order valence-corrected chi connectivity index (χ0v) is 20.2. The van der Waals surface area contributed by atoms with Crippen LogP contribution < -0.4 is 4.90 Å². The van der Waals surface area contributed by atoms with E-state index in [1.807, 2.05) is 0 Å². The van der Waals surface area contributed by atoms with Crippen LogP contribution in [0.25, 0.3) is 10.8 Å². The standard InChI is InChI=1S/C26H28N4S2/c1-19-8-10-21(11-9-19)16-25-27-26(31-28-25)29-14-15-30(20(2)18-29)32(3)24-13-12-22-6-4-5-7-23(22)17-24/h4-13,17,20H,3,14-16,18H2,1-2H3. The molecular weight excluding hydrogens is 432 g/mol. The lowest BCUT2D eigenvalue weighted by Crippen LogP contribution is -2.49. The minimum absolute atomic E-state index is 0.177. The van der Waals surface area contributed by atoms with Crippen LogP contribution >= 0.6 is 22.2 Å². The van der Waals surface area contributed by atoms with Crippen LogP contribution in [0.3, 0.4) is 0 Å². The smallest absolute Gasteiger partial charge is 0.205 e. The lowest BCUT2D eigenvalue weighted by Gasteiger charge is -2.40. The van der Waals surface area contributed by atoms with E-state index >= 15 is 0 Å². The number of piperazine rings is 1. The molecule has 164 valence electrons. The van der Waals surface area contributed by atoms with Crippen molar-refractivity contribution in [3.63, 3.8) is 0 Å². The molecule has 1 aromatic heterocycles. The normalized spacial score (nSPS) is 18.2. The van der Waals surface area contributed by atoms with E-state index in [9.17, 15) is 0 Å². The summed E-state index contributed by atoms with van der Waals surface area (Å²) in [5.41, 5.74) is 2.54. The lowest BCUT2D eigenvalue weighted by atomic mass is 10.1. The Bertz CT molecular complexity index is 1250. The van der Waals surface area contributed by atoms with Crippen molar-refractivity contribution in [3.05, 3.63) is 83.7 Å². The Labute approximate surface area is 196 Å². The fourth-order valence-electron chi connectivity index (χ4n) is 4.22. The molecule has 2 heterocycles. The van der Waals surface area contributed by atoms with Gasteiger partial charge in [0.05, 0.1) is 0 Å². The van der Waals surface area contributed by atoms with E-state index < -0.39 is 0 Å². The molecular formula is C26H28N4S2. The van der Waals surface area contributed by atoms with E-state index in [0.717, 1.165) is 37.0 Å². The van der Waals surface area contributed by atoms with Gasteiger partial charge in [-0.25, -0.2) is 9.29 Å². The van der Waals surface area contributed by atoms with Crippen LogP contribution in [0, 0.1) is 6.92 Å². The van der Waals surface area contributed by atoms with Gasteiger partial charge in [0.25, 0.3) is 0 Å². The predicted molar refractivity (Wildman–Crippen MR) is 139 cm³/mol. The summed E-state index contributed by atoms with van der Waals surface area (Å²) in [5.74, 6) is 5.47. The van der Waals surface area contributed by atoms with Gasteiger partial charge in [-0.05, 0) is 42.3 Å². The summed E-state index contributed by atoms with van der Waals surface area (Å²) in [6.07, 6.45) is 0.788. The Morgan fingerprint density at radius 1 is 1.03 bits per heavy atom. The van der Waals surface area contributed by atoms with Crippen LogP contribution in [0.15, 0.2) is 71.6 Å². The summed E-state index contributed by atoms with van der Waals surface area (Å²) >= 11 is 1.52. The Morgan fingerprint density at radius 2 is 1.81 bits per heavy atom. The molecule has 2 atom stereocenters. The molecule has 1 aliphatic heterocycles. The molecule has 0 saturated carbocycles. The number of benzene rings is 3. The number of aromatic nitrogens is 2. The number of aryl methyl sites for hydroxylation is 1. The van der Waals surface area contributed by atoms with Gasteiger partial charge in [0.1, 0.15) is 5.82 Å². The first-order chi connectivity index (χ1) is 15.6. The van der Waals surface area contributed by atoms with Crippen LogP contribution in [0.2, 0.25) is 0 Å². The maximum atomic E-state index is 4.85. The third-order valence-electron chi connectivity index (χ3n) is 6.05. The predicted octanol–water partition coefficient (Wildman–Crippen LogP) is 5.78. The summed E-state index contributed by atoms with van der Waals surface area (Å²) < 4.78 is 7.17. The summed E-state index contributed by atoms with van der Waals surface area (Å²) in [7, 11) is -0.177. The minimum atomic E-state index is -0.177.